The summed E-state index contributed by atoms with van der Waals surface area (Å²) < 4.78 is 15.5. The van der Waals surface area contributed by atoms with Crippen LogP contribution in [0.15, 0.2) is 24.3 Å². The zero-order valence-electron chi connectivity index (χ0n) is 36.8. The van der Waals surface area contributed by atoms with E-state index in [4.69, 9.17) is 14.2 Å². The first-order valence-corrected chi connectivity index (χ1v) is 23.5. The number of aliphatic hydroxyl groups excluding tert-OH is 4. The molecule has 1 aliphatic heterocycles. The van der Waals surface area contributed by atoms with Crippen molar-refractivity contribution in [2.45, 2.75) is 243 Å². The van der Waals surface area contributed by atoms with Gasteiger partial charge in [0.05, 0.1) is 6.61 Å². The Morgan fingerprint density at radius 3 is 1.36 bits per heavy atom. The molecule has 59 heavy (non-hydrogen) atoms. The summed E-state index contributed by atoms with van der Waals surface area (Å²) in [7, 11) is 0. The Bertz CT molecular complexity index is 1140. The Kier molecular flexibility index (Phi) is 34.5. The van der Waals surface area contributed by atoms with Crippen LogP contribution >= 0.6 is 0 Å². The van der Waals surface area contributed by atoms with Gasteiger partial charge in [-0.1, -0.05) is 141 Å². The number of allylic oxidation sites excluding steroid dienone is 4. The standard InChI is InChI=1S/C47H83NO11/c1-3-5-7-9-11-13-15-17-19-21-23-25-27-29-31-33-40(50)58-42(52)36-35-38(48-46-45(55)44(54)43(53)39(37-49)57-46)47(56)59-41(51)34-32-30-28-26-24-22-20-18-16-14-12-10-8-6-4-2/h17-20,38-39,43-46,48-49,53-55H,3-16,21-37H2,1-2H3/b19-17-,20-18-/t38-,39+,43+,44-,45+,46+/m0/s1. The smallest absolute Gasteiger partial charge is 0.330 e. The highest BCUT2D eigenvalue weighted by atomic mass is 16.6. The van der Waals surface area contributed by atoms with Gasteiger partial charge in [-0.05, 0) is 70.6 Å². The quantitative estimate of drug-likeness (QED) is 0.0174. The number of ether oxygens (including phenoxy) is 3. The van der Waals surface area contributed by atoms with Gasteiger partial charge in [0, 0.05) is 19.3 Å². The summed E-state index contributed by atoms with van der Waals surface area (Å²) in [5, 5.41) is 43.1. The van der Waals surface area contributed by atoms with E-state index in [0.717, 1.165) is 77.0 Å². The lowest BCUT2D eigenvalue weighted by Crippen LogP contribution is -2.64. The van der Waals surface area contributed by atoms with Gasteiger partial charge in [0.1, 0.15) is 36.7 Å². The molecule has 5 N–H and O–H groups in total. The molecule has 0 spiro atoms. The second-order valence-electron chi connectivity index (χ2n) is 16.3. The molecule has 1 saturated heterocycles. The van der Waals surface area contributed by atoms with E-state index in [9.17, 15) is 39.6 Å². The predicted octanol–water partition coefficient (Wildman–Crippen LogP) is 8.74. The molecule has 0 radical (unpaired) electrons. The van der Waals surface area contributed by atoms with Gasteiger partial charge in [0.2, 0.25) is 0 Å². The zero-order chi connectivity index (χ0) is 43.4. The van der Waals surface area contributed by atoms with E-state index in [0.29, 0.717) is 12.8 Å². The molecule has 12 heteroatoms. The summed E-state index contributed by atoms with van der Waals surface area (Å²) in [4.78, 5) is 50.7. The third-order valence-electron chi connectivity index (χ3n) is 10.9. The van der Waals surface area contributed by atoms with Crippen LogP contribution in [-0.4, -0.2) is 87.6 Å². The van der Waals surface area contributed by atoms with Crippen LogP contribution in [0.25, 0.3) is 0 Å². The molecule has 0 aromatic carbocycles. The van der Waals surface area contributed by atoms with E-state index in [1.807, 2.05) is 0 Å². The van der Waals surface area contributed by atoms with Gasteiger partial charge >= 0.3 is 23.9 Å². The van der Waals surface area contributed by atoms with E-state index in [-0.39, 0.29) is 19.3 Å². The van der Waals surface area contributed by atoms with Gasteiger partial charge in [-0.15, -0.1) is 0 Å². The molecule has 1 rings (SSSR count). The molecule has 0 aromatic heterocycles. The summed E-state index contributed by atoms with van der Waals surface area (Å²) in [5.41, 5.74) is 0. The van der Waals surface area contributed by atoms with Gasteiger partial charge in [-0.2, -0.15) is 0 Å². The molecule has 6 atom stereocenters. The highest BCUT2D eigenvalue weighted by Crippen LogP contribution is 2.21. The van der Waals surface area contributed by atoms with Crippen molar-refractivity contribution in [2.24, 2.45) is 0 Å². The predicted molar refractivity (Wildman–Crippen MR) is 231 cm³/mol. The van der Waals surface area contributed by atoms with Crippen molar-refractivity contribution in [1.82, 2.24) is 5.32 Å². The van der Waals surface area contributed by atoms with Gasteiger partial charge in [-0.3, -0.25) is 19.7 Å². The van der Waals surface area contributed by atoms with Crippen molar-refractivity contribution in [2.75, 3.05) is 6.61 Å². The number of hydrogen-bond acceptors (Lipinski definition) is 12. The second-order valence-corrected chi connectivity index (χ2v) is 16.3. The minimum absolute atomic E-state index is 0.0174. The lowest BCUT2D eigenvalue weighted by Gasteiger charge is -2.41. The lowest BCUT2D eigenvalue weighted by atomic mass is 9.97. The summed E-state index contributed by atoms with van der Waals surface area (Å²) in [6.07, 6.45) is 29.7. The van der Waals surface area contributed by atoms with Crippen LogP contribution in [-0.2, 0) is 33.4 Å². The SMILES string of the molecule is CCCCCCCC/C=C\CCCCCCCC(=O)OC(=O)CC[C@H](N[C@@H]1O[C@H](CO)[C@@H](O)[C@H](O)[C@H]1O)C(=O)OC(=O)CCCCCCC/C=C\CCCCCCCC. The zero-order valence-corrected chi connectivity index (χ0v) is 36.8. The normalized spacial score (nSPS) is 20.0. The Labute approximate surface area is 356 Å². The third-order valence-corrected chi connectivity index (χ3v) is 10.9. The number of esters is 4. The van der Waals surface area contributed by atoms with Crippen LogP contribution in [0.4, 0.5) is 0 Å². The minimum atomic E-state index is -1.71. The first-order chi connectivity index (χ1) is 28.6. The van der Waals surface area contributed by atoms with E-state index >= 15 is 0 Å². The van der Waals surface area contributed by atoms with Crippen LogP contribution in [0, 0.1) is 0 Å². The van der Waals surface area contributed by atoms with Crippen molar-refractivity contribution >= 4 is 23.9 Å². The Morgan fingerprint density at radius 2 is 0.915 bits per heavy atom. The number of hydrogen-bond donors (Lipinski definition) is 5. The summed E-state index contributed by atoms with van der Waals surface area (Å²) in [5.74, 6) is -3.31. The molecule has 1 aliphatic rings. The van der Waals surface area contributed by atoms with Crippen molar-refractivity contribution in [3.05, 3.63) is 24.3 Å². The van der Waals surface area contributed by atoms with E-state index in [2.05, 4.69) is 43.5 Å². The number of rotatable bonds is 37. The van der Waals surface area contributed by atoms with E-state index in [1.165, 1.54) is 77.0 Å². The van der Waals surface area contributed by atoms with Crippen molar-refractivity contribution in [3.8, 4) is 0 Å². The molecule has 0 unspecified atom stereocenters. The van der Waals surface area contributed by atoms with Gasteiger partial charge in [0.25, 0.3) is 0 Å². The molecule has 0 bridgehead atoms. The van der Waals surface area contributed by atoms with Crippen molar-refractivity contribution in [1.29, 1.82) is 0 Å². The maximum atomic E-state index is 13.2. The van der Waals surface area contributed by atoms with Crippen molar-refractivity contribution < 1.29 is 53.8 Å². The highest BCUT2D eigenvalue weighted by Gasteiger charge is 2.44. The minimum Gasteiger partial charge on any atom is -0.394 e. The molecule has 0 aromatic rings. The van der Waals surface area contributed by atoms with E-state index in [1.54, 1.807) is 0 Å². The summed E-state index contributed by atoms with van der Waals surface area (Å²) in [6.45, 7) is 3.78. The lowest BCUT2D eigenvalue weighted by molar-refractivity contribution is -0.238. The average Bonchev–Trinajstić information content (AvgIpc) is 3.22. The van der Waals surface area contributed by atoms with E-state index < -0.39 is 73.6 Å². The van der Waals surface area contributed by atoms with Gasteiger partial charge in [0.15, 0.2) is 0 Å². The van der Waals surface area contributed by atoms with Crippen LogP contribution in [0.1, 0.15) is 206 Å². The average molecular weight is 838 g/mol. The number of aliphatic hydroxyl groups is 4. The molecule has 1 fully saturated rings. The van der Waals surface area contributed by atoms with Crippen LogP contribution in [0.2, 0.25) is 0 Å². The monoisotopic (exact) mass is 838 g/mol. The molecule has 0 amide bonds. The fourth-order valence-corrected chi connectivity index (χ4v) is 7.11. The highest BCUT2D eigenvalue weighted by molar-refractivity contribution is 5.89. The number of unbranched alkanes of at least 4 members (excludes halogenated alkanes) is 22. The fourth-order valence-electron chi connectivity index (χ4n) is 7.11. The maximum absolute atomic E-state index is 13.2. The molecule has 0 aliphatic carbocycles. The third kappa shape index (κ3) is 28.6. The maximum Gasteiger partial charge on any atom is 0.330 e. The summed E-state index contributed by atoms with van der Waals surface area (Å²) >= 11 is 0. The largest absolute Gasteiger partial charge is 0.394 e. The summed E-state index contributed by atoms with van der Waals surface area (Å²) in [6, 6.07) is -1.39. The fraction of sp³-hybridized carbons (Fsp3) is 0.830. The molecule has 12 nitrogen and oxygen atoms in total. The molecule has 0 saturated carbocycles. The number of carbonyl (C=O) groups is 4. The number of nitrogens with one attached hydrogen (secondary N) is 1. The number of carbonyl (C=O) groups excluding carboxylic acids is 4. The molecule has 1 heterocycles. The van der Waals surface area contributed by atoms with Gasteiger partial charge in [-0.25, -0.2) is 4.79 Å². The Hall–Kier alpha value is -2.48. The molecular formula is C47H83NO11. The van der Waals surface area contributed by atoms with Crippen LogP contribution in [0.5, 0.6) is 0 Å². The Morgan fingerprint density at radius 1 is 0.525 bits per heavy atom. The Balaban J connectivity index is 2.43. The molecule has 342 valence electrons. The first kappa shape index (κ1) is 54.5. The van der Waals surface area contributed by atoms with Crippen LogP contribution < -0.4 is 5.32 Å². The van der Waals surface area contributed by atoms with Gasteiger partial charge < -0.3 is 34.6 Å². The van der Waals surface area contributed by atoms with Crippen molar-refractivity contribution in [3.63, 3.8) is 0 Å². The van der Waals surface area contributed by atoms with Crippen LogP contribution in [0.3, 0.4) is 0 Å². The first-order valence-electron chi connectivity index (χ1n) is 23.5. The topological polar surface area (TPSA) is 189 Å². The second kappa shape index (κ2) is 37.3. The molecular weight excluding hydrogens is 755 g/mol.